The number of unbranched alkanes of at least 4 members (excludes halogenated alkanes) is 2. The molecular weight excluding hydrogens is 328 g/mol. The normalized spacial score (nSPS) is 20.3. The minimum absolute atomic E-state index is 0.0144. The minimum Gasteiger partial charge on any atom is -0.507 e. The largest absolute Gasteiger partial charge is 0.507 e. The molecule has 26 heavy (non-hydrogen) atoms. The summed E-state index contributed by atoms with van der Waals surface area (Å²) >= 11 is 0. The summed E-state index contributed by atoms with van der Waals surface area (Å²) in [5, 5.41) is 41.3. The number of aliphatic hydroxyl groups excluding tert-OH is 1. The van der Waals surface area contributed by atoms with E-state index in [-0.39, 0.29) is 28.9 Å². The van der Waals surface area contributed by atoms with Crippen LogP contribution in [0.3, 0.4) is 0 Å². The van der Waals surface area contributed by atoms with Crippen molar-refractivity contribution in [3.8, 4) is 11.5 Å². The molecule has 4 N–H and O–H groups in total. The zero-order valence-corrected chi connectivity index (χ0v) is 16.1. The van der Waals surface area contributed by atoms with Crippen molar-refractivity contribution in [3.63, 3.8) is 0 Å². The molecule has 2 unspecified atom stereocenters. The Kier molecular flexibility index (Phi) is 6.90. The van der Waals surface area contributed by atoms with E-state index in [0.29, 0.717) is 17.5 Å². The van der Waals surface area contributed by atoms with Gasteiger partial charge in [-0.05, 0) is 57.1 Å². The van der Waals surface area contributed by atoms with Crippen molar-refractivity contribution >= 4 is 0 Å². The SMILES string of the molecule is C=C(C)C1CCC(C)=CC1c1c(O)cc(CCCCC)c(C(O)O)c1O. The third-order valence-electron chi connectivity index (χ3n) is 5.46. The lowest BCUT2D eigenvalue weighted by atomic mass is 9.73. The lowest BCUT2D eigenvalue weighted by molar-refractivity contribution is -0.0446. The second kappa shape index (κ2) is 8.74. The van der Waals surface area contributed by atoms with E-state index in [9.17, 15) is 20.4 Å². The standard InChI is InChI=1S/C22H32O4/c1-5-6-7-8-15-12-18(23)20(21(24)19(15)22(25)26)17-11-14(4)9-10-16(17)13(2)3/h11-12,16-17,22-26H,2,5-10H2,1,3-4H3. The number of hydrogen-bond acceptors (Lipinski definition) is 4. The molecule has 1 aliphatic rings. The zero-order valence-electron chi connectivity index (χ0n) is 16.1. The number of aryl methyl sites for hydroxylation is 1. The molecule has 0 fully saturated rings. The summed E-state index contributed by atoms with van der Waals surface area (Å²) in [5.41, 5.74) is 3.28. The molecule has 0 spiro atoms. The molecule has 0 aromatic heterocycles. The second-order valence-electron chi connectivity index (χ2n) is 7.59. The number of rotatable bonds is 7. The Morgan fingerprint density at radius 1 is 1.27 bits per heavy atom. The molecule has 2 rings (SSSR count). The van der Waals surface area contributed by atoms with Gasteiger partial charge in [0.15, 0.2) is 6.29 Å². The number of aliphatic hydroxyl groups is 2. The predicted octanol–water partition coefficient (Wildman–Crippen LogP) is 4.83. The van der Waals surface area contributed by atoms with Crippen LogP contribution in [0.1, 0.15) is 81.8 Å². The summed E-state index contributed by atoms with van der Waals surface area (Å²) in [5.74, 6) is -0.303. The van der Waals surface area contributed by atoms with Gasteiger partial charge in [-0.25, -0.2) is 0 Å². The summed E-state index contributed by atoms with van der Waals surface area (Å²) < 4.78 is 0. The summed E-state index contributed by atoms with van der Waals surface area (Å²) in [6, 6.07) is 1.59. The van der Waals surface area contributed by atoms with Gasteiger partial charge in [-0.3, -0.25) is 0 Å². The highest BCUT2D eigenvalue weighted by atomic mass is 16.5. The van der Waals surface area contributed by atoms with Crippen molar-refractivity contribution in [2.45, 2.75) is 71.5 Å². The van der Waals surface area contributed by atoms with Gasteiger partial charge in [0, 0.05) is 11.5 Å². The van der Waals surface area contributed by atoms with Crippen LogP contribution in [-0.4, -0.2) is 20.4 Å². The van der Waals surface area contributed by atoms with Crippen LogP contribution in [0, 0.1) is 5.92 Å². The topological polar surface area (TPSA) is 80.9 Å². The first kappa shape index (κ1) is 20.5. The zero-order chi connectivity index (χ0) is 19.4. The maximum Gasteiger partial charge on any atom is 0.182 e. The van der Waals surface area contributed by atoms with E-state index in [1.165, 1.54) is 5.57 Å². The van der Waals surface area contributed by atoms with Crippen molar-refractivity contribution in [1.82, 2.24) is 0 Å². The van der Waals surface area contributed by atoms with Gasteiger partial charge in [-0.1, -0.05) is 43.6 Å². The average molecular weight is 360 g/mol. The van der Waals surface area contributed by atoms with Crippen LogP contribution in [-0.2, 0) is 6.42 Å². The average Bonchev–Trinajstić information content (AvgIpc) is 2.54. The fourth-order valence-electron chi connectivity index (χ4n) is 4.03. The Labute approximate surface area is 156 Å². The molecule has 0 radical (unpaired) electrons. The molecule has 4 nitrogen and oxygen atoms in total. The number of phenolic OH excluding ortho intramolecular Hbond substituents is 2. The van der Waals surface area contributed by atoms with Crippen molar-refractivity contribution in [2.75, 3.05) is 0 Å². The first-order chi connectivity index (χ1) is 12.3. The molecule has 4 heteroatoms. The molecule has 0 heterocycles. The summed E-state index contributed by atoms with van der Waals surface area (Å²) in [7, 11) is 0. The van der Waals surface area contributed by atoms with Crippen LogP contribution in [0.5, 0.6) is 11.5 Å². The van der Waals surface area contributed by atoms with Crippen LogP contribution < -0.4 is 0 Å². The van der Waals surface area contributed by atoms with Gasteiger partial charge < -0.3 is 20.4 Å². The molecule has 1 aromatic carbocycles. The monoisotopic (exact) mass is 360 g/mol. The molecule has 0 aliphatic heterocycles. The van der Waals surface area contributed by atoms with Gasteiger partial charge >= 0.3 is 0 Å². The first-order valence-electron chi connectivity index (χ1n) is 9.54. The molecule has 144 valence electrons. The van der Waals surface area contributed by atoms with Crippen molar-refractivity contribution in [2.24, 2.45) is 5.92 Å². The van der Waals surface area contributed by atoms with Crippen molar-refractivity contribution < 1.29 is 20.4 Å². The summed E-state index contributed by atoms with van der Waals surface area (Å²) in [6.07, 6.45) is 5.64. The lowest BCUT2D eigenvalue weighted by Crippen LogP contribution is -2.18. The van der Waals surface area contributed by atoms with Crippen LogP contribution in [0.25, 0.3) is 0 Å². The maximum absolute atomic E-state index is 10.9. The molecule has 0 amide bonds. The van der Waals surface area contributed by atoms with Crippen LogP contribution in [0.15, 0.2) is 29.9 Å². The van der Waals surface area contributed by atoms with Gasteiger partial charge in [-0.15, -0.1) is 0 Å². The number of phenols is 2. The molecule has 0 saturated heterocycles. The van der Waals surface area contributed by atoms with E-state index < -0.39 is 6.29 Å². The van der Waals surface area contributed by atoms with Gasteiger partial charge in [0.1, 0.15) is 11.5 Å². The van der Waals surface area contributed by atoms with Gasteiger partial charge in [0.2, 0.25) is 0 Å². The van der Waals surface area contributed by atoms with Gasteiger partial charge in [-0.2, -0.15) is 0 Å². The van der Waals surface area contributed by atoms with E-state index in [1.807, 2.05) is 13.8 Å². The molecule has 1 aliphatic carbocycles. The third kappa shape index (κ3) is 4.30. The minimum atomic E-state index is -1.78. The highest BCUT2D eigenvalue weighted by Crippen LogP contribution is 2.48. The molecule has 0 bridgehead atoms. The fraction of sp³-hybridized carbons (Fsp3) is 0.545. The number of benzene rings is 1. The van der Waals surface area contributed by atoms with E-state index in [0.717, 1.165) is 37.7 Å². The first-order valence-corrected chi connectivity index (χ1v) is 9.54. The summed E-state index contributed by atoms with van der Waals surface area (Å²) in [6.45, 7) is 10.2. The molecule has 1 aromatic rings. The van der Waals surface area contributed by atoms with Crippen molar-refractivity contribution in [3.05, 3.63) is 46.6 Å². The Balaban J connectivity index is 2.56. The highest BCUT2D eigenvalue weighted by molar-refractivity contribution is 5.57. The highest BCUT2D eigenvalue weighted by Gasteiger charge is 2.32. The lowest BCUT2D eigenvalue weighted by Gasteiger charge is -2.32. The van der Waals surface area contributed by atoms with E-state index in [1.54, 1.807) is 6.07 Å². The molecule has 2 atom stereocenters. The Morgan fingerprint density at radius 2 is 1.96 bits per heavy atom. The van der Waals surface area contributed by atoms with Crippen LogP contribution in [0.4, 0.5) is 0 Å². The Morgan fingerprint density at radius 3 is 2.54 bits per heavy atom. The third-order valence-corrected chi connectivity index (χ3v) is 5.46. The number of aromatic hydroxyl groups is 2. The Hall–Kier alpha value is -1.78. The van der Waals surface area contributed by atoms with E-state index >= 15 is 0 Å². The van der Waals surface area contributed by atoms with Crippen LogP contribution in [0.2, 0.25) is 0 Å². The molecular formula is C22H32O4. The van der Waals surface area contributed by atoms with Gasteiger partial charge in [0.25, 0.3) is 0 Å². The van der Waals surface area contributed by atoms with E-state index in [2.05, 4.69) is 19.6 Å². The second-order valence-corrected chi connectivity index (χ2v) is 7.59. The number of hydrogen-bond donors (Lipinski definition) is 4. The number of allylic oxidation sites excluding steroid dienone is 3. The maximum atomic E-state index is 10.9. The smallest absolute Gasteiger partial charge is 0.182 e. The molecule has 0 saturated carbocycles. The summed E-state index contributed by atoms with van der Waals surface area (Å²) in [4.78, 5) is 0. The Bertz CT molecular complexity index is 688. The quantitative estimate of drug-likeness (QED) is 0.319. The van der Waals surface area contributed by atoms with Crippen molar-refractivity contribution in [1.29, 1.82) is 0 Å². The van der Waals surface area contributed by atoms with E-state index in [4.69, 9.17) is 0 Å². The van der Waals surface area contributed by atoms with Crippen LogP contribution >= 0.6 is 0 Å². The fourth-order valence-corrected chi connectivity index (χ4v) is 4.03. The predicted molar refractivity (Wildman–Crippen MR) is 104 cm³/mol. The van der Waals surface area contributed by atoms with Gasteiger partial charge in [0.05, 0.1) is 5.56 Å².